The molecule has 0 aliphatic rings. The molecule has 3 aromatic heterocycles. The van der Waals surface area contributed by atoms with E-state index < -0.39 is 0 Å². The van der Waals surface area contributed by atoms with Crippen LogP contribution in [0.1, 0.15) is 10.4 Å². The lowest BCUT2D eigenvalue weighted by atomic mass is 10.3. The highest BCUT2D eigenvalue weighted by atomic mass is 32.1. The van der Waals surface area contributed by atoms with Gasteiger partial charge in [-0.25, -0.2) is 10.8 Å². The van der Waals surface area contributed by atoms with E-state index in [9.17, 15) is 0 Å². The number of thiophene rings is 1. The van der Waals surface area contributed by atoms with Gasteiger partial charge in [0.05, 0.1) is 11.6 Å². The zero-order valence-corrected chi connectivity index (χ0v) is 13.0. The maximum atomic E-state index is 5.47. The van der Waals surface area contributed by atoms with E-state index in [2.05, 4.69) is 38.4 Å². The van der Waals surface area contributed by atoms with Crippen molar-refractivity contribution in [2.75, 3.05) is 17.4 Å². The zero-order chi connectivity index (χ0) is 15.0. The van der Waals surface area contributed by atoms with Gasteiger partial charge in [0.1, 0.15) is 10.6 Å². The van der Waals surface area contributed by atoms with Crippen molar-refractivity contribution in [3.63, 3.8) is 0 Å². The summed E-state index contributed by atoms with van der Waals surface area (Å²) in [5.74, 6) is 6.76. The SMILES string of the molecule is Cc1cc2c(N(C)Cc3cnn(C)c3)nc(NN)nc2s1. The van der Waals surface area contributed by atoms with E-state index in [1.165, 1.54) is 4.88 Å². The summed E-state index contributed by atoms with van der Waals surface area (Å²) in [7, 11) is 3.91. The maximum Gasteiger partial charge on any atom is 0.240 e. The summed E-state index contributed by atoms with van der Waals surface area (Å²) in [5.41, 5.74) is 3.66. The molecule has 0 atom stereocenters. The molecule has 0 fully saturated rings. The third-order valence-electron chi connectivity index (χ3n) is 3.16. The lowest BCUT2D eigenvalue weighted by Crippen LogP contribution is -2.19. The summed E-state index contributed by atoms with van der Waals surface area (Å²) in [6.45, 7) is 2.78. The molecule has 0 unspecified atom stereocenters. The molecule has 3 rings (SSSR count). The molecule has 0 aliphatic heterocycles. The highest BCUT2D eigenvalue weighted by Crippen LogP contribution is 2.31. The van der Waals surface area contributed by atoms with Gasteiger partial charge >= 0.3 is 0 Å². The van der Waals surface area contributed by atoms with Gasteiger partial charge in [0.2, 0.25) is 5.95 Å². The lowest BCUT2D eigenvalue weighted by molar-refractivity contribution is 0.766. The number of anilines is 2. The van der Waals surface area contributed by atoms with Crippen LogP contribution in [0.15, 0.2) is 18.5 Å². The first-order chi connectivity index (χ1) is 10.1. The van der Waals surface area contributed by atoms with E-state index in [1.54, 1.807) is 16.0 Å². The van der Waals surface area contributed by atoms with Gasteiger partial charge in [-0.3, -0.25) is 10.1 Å². The second kappa shape index (κ2) is 5.30. The summed E-state index contributed by atoms with van der Waals surface area (Å²) in [5, 5.41) is 5.23. The highest BCUT2D eigenvalue weighted by molar-refractivity contribution is 7.18. The molecule has 3 heterocycles. The summed E-state index contributed by atoms with van der Waals surface area (Å²) < 4.78 is 1.79. The van der Waals surface area contributed by atoms with Crippen molar-refractivity contribution >= 4 is 33.3 Å². The predicted octanol–water partition coefficient (Wildman–Crippen LogP) is 1.66. The fourth-order valence-electron chi connectivity index (χ4n) is 2.28. The number of aryl methyl sites for hydroxylation is 2. The Morgan fingerprint density at radius 1 is 1.43 bits per heavy atom. The van der Waals surface area contributed by atoms with Crippen molar-refractivity contribution in [1.29, 1.82) is 0 Å². The molecular weight excluding hydrogens is 286 g/mol. The van der Waals surface area contributed by atoms with Crippen molar-refractivity contribution in [2.24, 2.45) is 12.9 Å². The number of hydrogen-bond acceptors (Lipinski definition) is 7. The third kappa shape index (κ3) is 2.67. The van der Waals surface area contributed by atoms with Gasteiger partial charge in [-0.1, -0.05) is 0 Å². The number of nitrogens with two attached hydrogens (primary N) is 1. The quantitative estimate of drug-likeness (QED) is 0.563. The van der Waals surface area contributed by atoms with Crippen LogP contribution in [-0.4, -0.2) is 26.8 Å². The number of rotatable bonds is 4. The average molecular weight is 303 g/mol. The van der Waals surface area contributed by atoms with Crippen LogP contribution in [-0.2, 0) is 13.6 Å². The Bertz CT molecular complexity index is 776. The number of hydrazine groups is 1. The molecule has 3 aromatic rings. The molecule has 8 heteroatoms. The first-order valence-electron chi connectivity index (χ1n) is 6.50. The molecule has 3 N–H and O–H groups in total. The second-order valence-corrected chi connectivity index (χ2v) is 6.20. The van der Waals surface area contributed by atoms with Crippen LogP contribution in [0.5, 0.6) is 0 Å². The van der Waals surface area contributed by atoms with Crippen molar-refractivity contribution in [2.45, 2.75) is 13.5 Å². The lowest BCUT2D eigenvalue weighted by Gasteiger charge is -2.18. The van der Waals surface area contributed by atoms with Gasteiger partial charge < -0.3 is 4.90 Å². The number of aromatic nitrogens is 4. The minimum Gasteiger partial charge on any atom is -0.355 e. The number of nitrogens with zero attached hydrogens (tertiary/aromatic N) is 5. The van der Waals surface area contributed by atoms with E-state index >= 15 is 0 Å². The van der Waals surface area contributed by atoms with Crippen LogP contribution < -0.4 is 16.2 Å². The zero-order valence-electron chi connectivity index (χ0n) is 12.2. The average Bonchev–Trinajstić information content (AvgIpc) is 3.02. The summed E-state index contributed by atoms with van der Waals surface area (Å²) in [6, 6.07) is 2.11. The van der Waals surface area contributed by atoms with Gasteiger partial charge in [0, 0.05) is 37.3 Å². The van der Waals surface area contributed by atoms with Crippen LogP contribution in [0.3, 0.4) is 0 Å². The molecule has 7 nitrogen and oxygen atoms in total. The fraction of sp³-hybridized carbons (Fsp3) is 0.308. The first kappa shape index (κ1) is 13.8. The Hall–Kier alpha value is -2.19. The molecular formula is C13H17N7S. The fourth-order valence-corrected chi connectivity index (χ4v) is 3.16. The van der Waals surface area contributed by atoms with E-state index in [0.29, 0.717) is 5.95 Å². The van der Waals surface area contributed by atoms with Crippen LogP contribution >= 0.6 is 11.3 Å². The molecule has 0 spiro atoms. The Morgan fingerprint density at radius 3 is 2.90 bits per heavy atom. The van der Waals surface area contributed by atoms with Gasteiger partial charge in [0.15, 0.2) is 0 Å². The Balaban J connectivity index is 2.01. The summed E-state index contributed by atoms with van der Waals surface area (Å²) in [6.07, 6.45) is 3.85. The Labute approximate surface area is 126 Å². The molecule has 0 aromatic carbocycles. The highest BCUT2D eigenvalue weighted by Gasteiger charge is 2.14. The van der Waals surface area contributed by atoms with Gasteiger partial charge in [0.25, 0.3) is 0 Å². The monoisotopic (exact) mass is 303 g/mol. The van der Waals surface area contributed by atoms with E-state index in [4.69, 9.17) is 5.84 Å². The van der Waals surface area contributed by atoms with Gasteiger partial charge in [-0.05, 0) is 13.0 Å². The topological polar surface area (TPSA) is 84.9 Å². The summed E-state index contributed by atoms with van der Waals surface area (Å²) >= 11 is 1.63. The molecule has 0 amide bonds. The molecule has 0 saturated carbocycles. The summed E-state index contributed by atoms with van der Waals surface area (Å²) in [4.78, 5) is 13.1. The van der Waals surface area contributed by atoms with Gasteiger partial charge in [-0.2, -0.15) is 10.1 Å². The van der Waals surface area contributed by atoms with Crippen LogP contribution in [0.2, 0.25) is 0 Å². The van der Waals surface area contributed by atoms with Crippen molar-refractivity contribution in [3.05, 3.63) is 28.9 Å². The normalized spacial score (nSPS) is 11.0. The molecule has 21 heavy (non-hydrogen) atoms. The smallest absolute Gasteiger partial charge is 0.240 e. The largest absolute Gasteiger partial charge is 0.355 e. The van der Waals surface area contributed by atoms with Crippen LogP contribution in [0, 0.1) is 6.92 Å². The minimum atomic E-state index is 0.428. The predicted molar refractivity (Wildman–Crippen MR) is 85.3 cm³/mol. The molecule has 0 bridgehead atoms. The molecule has 0 radical (unpaired) electrons. The van der Waals surface area contributed by atoms with Crippen LogP contribution in [0.25, 0.3) is 10.2 Å². The minimum absolute atomic E-state index is 0.428. The molecule has 0 saturated heterocycles. The molecule has 110 valence electrons. The number of fused-ring (bicyclic) bond motifs is 1. The molecule has 0 aliphatic carbocycles. The standard InChI is InChI=1S/C13H17N7S/c1-8-4-10-11(16-13(18-14)17-12(10)21-8)19(2)6-9-5-15-20(3)7-9/h4-5,7H,6,14H2,1-3H3,(H,16,17,18). The maximum absolute atomic E-state index is 5.47. The number of hydrogen-bond donors (Lipinski definition) is 2. The second-order valence-electron chi connectivity index (χ2n) is 4.97. The number of nitrogen functional groups attached to an aromatic ring is 1. The third-order valence-corrected chi connectivity index (χ3v) is 4.11. The van der Waals surface area contributed by atoms with Crippen molar-refractivity contribution in [1.82, 2.24) is 19.7 Å². The van der Waals surface area contributed by atoms with E-state index in [0.717, 1.165) is 28.1 Å². The Kier molecular flexibility index (Phi) is 3.48. The van der Waals surface area contributed by atoms with E-state index in [1.807, 2.05) is 26.5 Å². The number of nitrogens with one attached hydrogen (secondary N) is 1. The Morgan fingerprint density at radius 2 is 2.24 bits per heavy atom. The van der Waals surface area contributed by atoms with Crippen molar-refractivity contribution < 1.29 is 0 Å². The van der Waals surface area contributed by atoms with E-state index in [-0.39, 0.29) is 0 Å². The van der Waals surface area contributed by atoms with Crippen molar-refractivity contribution in [3.8, 4) is 0 Å². The van der Waals surface area contributed by atoms with Gasteiger partial charge in [-0.15, -0.1) is 11.3 Å². The van der Waals surface area contributed by atoms with Crippen LogP contribution in [0.4, 0.5) is 11.8 Å². The first-order valence-corrected chi connectivity index (χ1v) is 7.32.